The molecule has 0 radical (unpaired) electrons. The van der Waals surface area contributed by atoms with Gasteiger partial charge in [-0.15, -0.1) is 0 Å². The van der Waals surface area contributed by atoms with Crippen molar-refractivity contribution in [1.29, 1.82) is 0 Å². The number of carbonyl (C=O) groups excluding carboxylic acids is 2. The summed E-state index contributed by atoms with van der Waals surface area (Å²) >= 11 is 0. The van der Waals surface area contributed by atoms with E-state index in [9.17, 15) is 9.59 Å². The lowest BCUT2D eigenvalue weighted by Crippen LogP contribution is -2.58. The van der Waals surface area contributed by atoms with Crippen molar-refractivity contribution < 1.29 is 18.9 Å². The van der Waals surface area contributed by atoms with Crippen molar-refractivity contribution in [3.63, 3.8) is 0 Å². The normalized spacial score (nSPS) is 31.2. The molecule has 2 aliphatic heterocycles. The highest BCUT2D eigenvalue weighted by Crippen LogP contribution is 2.33. The van der Waals surface area contributed by atoms with Crippen LogP contribution in [0, 0.1) is 5.92 Å². The van der Waals surface area contributed by atoms with E-state index in [1.165, 1.54) is 0 Å². The highest BCUT2D eigenvalue weighted by Gasteiger charge is 2.53. The van der Waals surface area contributed by atoms with Gasteiger partial charge in [0.2, 0.25) is 5.91 Å². The van der Waals surface area contributed by atoms with Crippen LogP contribution in [-0.2, 0) is 18.9 Å². The molecule has 0 spiro atoms. The van der Waals surface area contributed by atoms with Crippen molar-refractivity contribution in [2.45, 2.75) is 44.6 Å². The van der Waals surface area contributed by atoms with Crippen LogP contribution in [0.1, 0.15) is 26.7 Å². The summed E-state index contributed by atoms with van der Waals surface area (Å²) in [5.74, 6) is -0.748. The smallest absolute Gasteiger partial charge is 0.508 e. The van der Waals surface area contributed by atoms with E-state index in [0.29, 0.717) is 19.5 Å². The zero-order valence-corrected chi connectivity index (χ0v) is 12.7. The van der Waals surface area contributed by atoms with Gasteiger partial charge in [-0.3, -0.25) is 9.59 Å². The number of hydrogen-bond acceptors (Lipinski definition) is 6. The van der Waals surface area contributed by atoms with Crippen molar-refractivity contribution in [2.24, 2.45) is 17.4 Å². The van der Waals surface area contributed by atoms with Gasteiger partial charge in [-0.1, -0.05) is 6.42 Å². The van der Waals surface area contributed by atoms with Crippen LogP contribution in [0.15, 0.2) is 0 Å². The average molecular weight is 297 g/mol. The molecule has 2 aliphatic rings. The van der Waals surface area contributed by atoms with Crippen LogP contribution >= 0.6 is 0 Å². The van der Waals surface area contributed by atoms with Crippen LogP contribution in [0.5, 0.6) is 0 Å². The van der Waals surface area contributed by atoms with E-state index < -0.39 is 24.7 Å². The van der Waals surface area contributed by atoms with E-state index in [4.69, 9.17) is 20.8 Å². The minimum Gasteiger partial charge on any atom is -0.508 e. The Morgan fingerprint density at radius 1 is 1.67 bits per heavy atom. The minimum absolute atomic E-state index is 0.0877. The van der Waals surface area contributed by atoms with E-state index >= 15 is 0 Å². The number of rotatable bonds is 3. The van der Waals surface area contributed by atoms with Gasteiger partial charge in [-0.05, 0) is 26.6 Å². The van der Waals surface area contributed by atoms with Gasteiger partial charge in [0.15, 0.2) is 0 Å². The Kier molecular flexibility index (Phi) is 4.90. The molecule has 1 unspecified atom stereocenters. The van der Waals surface area contributed by atoms with Crippen LogP contribution in [-0.4, -0.2) is 55.2 Å². The first-order valence-corrected chi connectivity index (χ1v) is 7.54. The molecule has 0 bridgehead atoms. The molecular weight excluding hydrogens is 273 g/mol. The summed E-state index contributed by atoms with van der Waals surface area (Å²) in [6, 6.07) is -0.592. The van der Waals surface area contributed by atoms with Crippen LogP contribution in [0.25, 0.3) is 0 Å². The molecule has 8 heteroatoms. The van der Waals surface area contributed by atoms with Gasteiger partial charge in [0.05, 0.1) is 6.04 Å². The third-order valence-corrected chi connectivity index (χ3v) is 4.29. The third-order valence-electron chi connectivity index (χ3n) is 4.29. The van der Waals surface area contributed by atoms with Gasteiger partial charge < -0.3 is 25.7 Å². The maximum Gasteiger partial charge on any atom is 0.527 e. The fourth-order valence-corrected chi connectivity index (χ4v) is 3.10. The number of carbonyl (C=O) groups is 2. The highest BCUT2D eigenvalue weighted by atomic mass is 16.6. The molecule has 0 saturated carbocycles. The molecule has 21 heavy (non-hydrogen) atoms. The average Bonchev–Trinajstić information content (AvgIpc) is 2.75. The number of nitrogens with two attached hydrogens (primary N) is 2. The monoisotopic (exact) mass is 297 g/mol. The quantitative estimate of drug-likeness (QED) is 0.670. The Hall–Kier alpha value is -1.12. The van der Waals surface area contributed by atoms with Gasteiger partial charge in [0, 0.05) is 25.6 Å². The summed E-state index contributed by atoms with van der Waals surface area (Å²) in [7, 11) is -0.540. The molecule has 0 aromatic carbocycles. The number of fused-ring (bicyclic) bond motifs is 1. The maximum absolute atomic E-state index is 12.4. The lowest BCUT2D eigenvalue weighted by Gasteiger charge is -2.31. The lowest BCUT2D eigenvalue weighted by atomic mass is 9.74. The predicted molar refractivity (Wildman–Crippen MR) is 78.2 cm³/mol. The summed E-state index contributed by atoms with van der Waals surface area (Å²) in [6.07, 6.45) is 2.28. The fraction of sp³-hybridized carbons (Fsp3) is 0.846. The van der Waals surface area contributed by atoms with Gasteiger partial charge in [0.25, 0.3) is 0 Å². The number of amides is 1. The van der Waals surface area contributed by atoms with E-state index in [1.807, 2.05) is 6.92 Å². The second-order valence-electron chi connectivity index (χ2n) is 5.97. The van der Waals surface area contributed by atoms with Crippen molar-refractivity contribution >= 4 is 19.0 Å². The molecule has 0 aromatic heterocycles. The van der Waals surface area contributed by atoms with Gasteiger partial charge in [0.1, 0.15) is 5.54 Å². The van der Waals surface area contributed by atoms with Crippen molar-refractivity contribution in [3.05, 3.63) is 0 Å². The Morgan fingerprint density at radius 2 is 2.38 bits per heavy atom. The van der Waals surface area contributed by atoms with Crippen LogP contribution in [0.3, 0.4) is 0 Å². The standard InChI is InChI=1S/C13H24BN3O4/c1-3-20-14-6-4-5-10-7-17(11(18)9(2)15)8-13(10,16)12(19)21-14/h9-10H,3-8,15-16H2,1-2H3/t9-,10?,13-/m0/s1. The summed E-state index contributed by atoms with van der Waals surface area (Å²) in [5, 5.41) is 0. The van der Waals surface area contributed by atoms with Crippen molar-refractivity contribution in [3.8, 4) is 0 Å². The predicted octanol–water partition coefficient (Wildman–Crippen LogP) is -0.649. The topological polar surface area (TPSA) is 108 Å². The zero-order chi connectivity index (χ0) is 15.6. The molecule has 1 amide bonds. The maximum atomic E-state index is 12.4. The lowest BCUT2D eigenvalue weighted by molar-refractivity contribution is -0.143. The van der Waals surface area contributed by atoms with E-state index in [0.717, 1.165) is 12.8 Å². The van der Waals surface area contributed by atoms with Gasteiger partial charge in [-0.2, -0.15) is 0 Å². The molecule has 118 valence electrons. The Morgan fingerprint density at radius 3 is 3.00 bits per heavy atom. The second-order valence-corrected chi connectivity index (χ2v) is 5.97. The van der Waals surface area contributed by atoms with E-state index in [2.05, 4.69) is 0 Å². The zero-order valence-electron chi connectivity index (χ0n) is 12.7. The molecule has 2 fully saturated rings. The van der Waals surface area contributed by atoms with Crippen LogP contribution < -0.4 is 11.5 Å². The first-order valence-electron chi connectivity index (χ1n) is 7.54. The molecule has 4 N–H and O–H groups in total. The summed E-state index contributed by atoms with van der Waals surface area (Å²) in [6.45, 7) is 4.59. The van der Waals surface area contributed by atoms with E-state index in [-0.39, 0.29) is 18.4 Å². The molecule has 2 saturated heterocycles. The Bertz CT molecular complexity index is 420. The number of likely N-dealkylation sites (tertiary alicyclic amines) is 1. The summed E-state index contributed by atoms with van der Waals surface area (Å²) in [5.41, 5.74) is 10.8. The summed E-state index contributed by atoms with van der Waals surface area (Å²) < 4.78 is 10.8. The SMILES string of the molecule is CCOB1CCCC2CN(C(=O)[C@H](C)N)C[C@@]2(N)C(=O)O1. The third kappa shape index (κ3) is 3.22. The van der Waals surface area contributed by atoms with E-state index in [1.54, 1.807) is 11.8 Å². The first-order chi connectivity index (χ1) is 9.88. The molecule has 2 heterocycles. The van der Waals surface area contributed by atoms with Gasteiger partial charge >= 0.3 is 13.1 Å². The molecule has 2 rings (SSSR count). The molecular formula is C13H24BN3O4. The molecule has 0 aliphatic carbocycles. The van der Waals surface area contributed by atoms with Gasteiger partial charge in [-0.25, -0.2) is 0 Å². The first kappa shape index (κ1) is 16.3. The molecule has 7 nitrogen and oxygen atoms in total. The largest absolute Gasteiger partial charge is 0.527 e. The van der Waals surface area contributed by atoms with Crippen molar-refractivity contribution in [1.82, 2.24) is 4.90 Å². The Labute approximate surface area is 125 Å². The Balaban J connectivity index is 2.13. The number of hydrogen-bond donors (Lipinski definition) is 2. The highest BCUT2D eigenvalue weighted by molar-refractivity contribution is 6.47. The second kappa shape index (κ2) is 6.33. The minimum atomic E-state index is -1.15. The fourth-order valence-electron chi connectivity index (χ4n) is 3.10. The molecule has 3 atom stereocenters. The van der Waals surface area contributed by atoms with Crippen molar-refractivity contribution in [2.75, 3.05) is 19.7 Å². The summed E-state index contributed by atoms with van der Waals surface area (Å²) in [4.78, 5) is 26.0. The number of nitrogens with zero attached hydrogens (tertiary/aromatic N) is 1. The molecule has 0 aromatic rings. The van der Waals surface area contributed by atoms with Crippen LogP contribution in [0.2, 0.25) is 6.32 Å². The van der Waals surface area contributed by atoms with Crippen LogP contribution in [0.4, 0.5) is 0 Å².